The van der Waals surface area contributed by atoms with E-state index < -0.39 is 0 Å². The fourth-order valence-electron chi connectivity index (χ4n) is 1.99. The van der Waals surface area contributed by atoms with E-state index in [1.165, 1.54) is 6.42 Å². The number of hydrogen-bond donors (Lipinski definition) is 1. The van der Waals surface area contributed by atoms with Crippen LogP contribution in [0.5, 0.6) is 0 Å². The van der Waals surface area contributed by atoms with Crippen LogP contribution in [0, 0.1) is 6.92 Å². The molecule has 2 rings (SSSR count). The first-order valence-electron chi connectivity index (χ1n) is 6.20. The highest BCUT2D eigenvalue weighted by atomic mass is 16.2. The van der Waals surface area contributed by atoms with Gasteiger partial charge in [0.15, 0.2) is 0 Å². The van der Waals surface area contributed by atoms with Gasteiger partial charge in [0.25, 0.3) is 0 Å². The molecule has 1 aliphatic rings. The number of piperidine rings is 1. The summed E-state index contributed by atoms with van der Waals surface area (Å²) in [5.41, 5.74) is 2.04. The average molecular weight is 233 g/mol. The molecule has 92 valence electrons. The van der Waals surface area contributed by atoms with Gasteiger partial charge in [-0.3, -0.25) is 4.98 Å². The number of hydrogen-bond acceptors (Lipinski definition) is 2. The standard InChI is InChI=1S/C13H19N3O/c1-11-5-6-12(9-14-11)10-15-13(17)16-7-3-2-4-8-16/h5-6,9H,2-4,7-8,10H2,1H3,(H,15,17). The number of likely N-dealkylation sites (tertiary alicyclic amines) is 1. The molecule has 4 nitrogen and oxygen atoms in total. The van der Waals surface area contributed by atoms with Crippen LogP contribution in [0.3, 0.4) is 0 Å². The van der Waals surface area contributed by atoms with Crippen molar-refractivity contribution in [3.8, 4) is 0 Å². The van der Waals surface area contributed by atoms with Crippen molar-refractivity contribution >= 4 is 6.03 Å². The van der Waals surface area contributed by atoms with Gasteiger partial charge in [0.1, 0.15) is 0 Å². The van der Waals surface area contributed by atoms with Gasteiger partial charge < -0.3 is 10.2 Å². The van der Waals surface area contributed by atoms with E-state index in [4.69, 9.17) is 0 Å². The molecule has 2 amide bonds. The summed E-state index contributed by atoms with van der Waals surface area (Å²) in [6.07, 6.45) is 5.30. The minimum Gasteiger partial charge on any atom is -0.334 e. The molecule has 1 fully saturated rings. The first-order chi connectivity index (χ1) is 8.25. The van der Waals surface area contributed by atoms with E-state index in [0.717, 1.165) is 37.2 Å². The van der Waals surface area contributed by atoms with Gasteiger partial charge in [0.05, 0.1) is 0 Å². The Balaban J connectivity index is 1.81. The molecule has 1 aromatic rings. The summed E-state index contributed by atoms with van der Waals surface area (Å²) in [5, 5.41) is 2.94. The van der Waals surface area contributed by atoms with Crippen LogP contribution in [0.15, 0.2) is 18.3 Å². The van der Waals surface area contributed by atoms with E-state index in [0.29, 0.717) is 6.54 Å². The SMILES string of the molecule is Cc1ccc(CNC(=O)N2CCCCC2)cn1. The van der Waals surface area contributed by atoms with Crippen LogP contribution in [-0.4, -0.2) is 29.0 Å². The predicted octanol–water partition coefficient (Wildman–Crippen LogP) is 2.09. The second-order valence-electron chi connectivity index (χ2n) is 4.51. The third kappa shape index (κ3) is 3.44. The molecule has 0 unspecified atom stereocenters. The third-order valence-electron chi connectivity index (χ3n) is 3.06. The van der Waals surface area contributed by atoms with Gasteiger partial charge in [-0.25, -0.2) is 4.79 Å². The van der Waals surface area contributed by atoms with Gasteiger partial charge in [0.2, 0.25) is 0 Å². The summed E-state index contributed by atoms with van der Waals surface area (Å²) < 4.78 is 0. The van der Waals surface area contributed by atoms with Gasteiger partial charge in [0, 0.05) is 31.5 Å². The van der Waals surface area contributed by atoms with E-state index in [1.807, 2.05) is 30.2 Å². The molecule has 1 aliphatic heterocycles. The molecular weight excluding hydrogens is 214 g/mol. The third-order valence-corrected chi connectivity index (χ3v) is 3.06. The average Bonchev–Trinajstić information content (AvgIpc) is 2.39. The van der Waals surface area contributed by atoms with Crippen molar-refractivity contribution in [1.82, 2.24) is 15.2 Å². The molecule has 2 heterocycles. The lowest BCUT2D eigenvalue weighted by molar-refractivity contribution is 0.186. The van der Waals surface area contributed by atoms with E-state index >= 15 is 0 Å². The molecule has 0 atom stereocenters. The monoisotopic (exact) mass is 233 g/mol. The summed E-state index contributed by atoms with van der Waals surface area (Å²) in [6, 6.07) is 4.01. The zero-order valence-electron chi connectivity index (χ0n) is 10.3. The number of nitrogens with zero attached hydrogens (tertiary/aromatic N) is 2. The summed E-state index contributed by atoms with van der Waals surface area (Å²) in [7, 11) is 0. The smallest absolute Gasteiger partial charge is 0.317 e. The molecule has 0 bridgehead atoms. The van der Waals surface area contributed by atoms with Crippen LogP contribution in [0.1, 0.15) is 30.5 Å². The molecule has 1 aromatic heterocycles. The normalized spacial score (nSPS) is 15.7. The number of aryl methyl sites for hydroxylation is 1. The molecule has 1 saturated heterocycles. The maximum atomic E-state index is 11.8. The van der Waals surface area contributed by atoms with Crippen molar-refractivity contribution in [2.75, 3.05) is 13.1 Å². The fraction of sp³-hybridized carbons (Fsp3) is 0.538. The van der Waals surface area contributed by atoms with Crippen LogP contribution in [0.4, 0.5) is 4.79 Å². The minimum atomic E-state index is 0.0466. The maximum absolute atomic E-state index is 11.8. The number of urea groups is 1. The lowest BCUT2D eigenvalue weighted by Crippen LogP contribution is -2.42. The van der Waals surface area contributed by atoms with Gasteiger partial charge in [-0.05, 0) is 37.8 Å². The van der Waals surface area contributed by atoms with Crippen LogP contribution in [-0.2, 0) is 6.54 Å². The molecule has 17 heavy (non-hydrogen) atoms. The highest BCUT2D eigenvalue weighted by Gasteiger charge is 2.15. The number of pyridine rings is 1. The number of carbonyl (C=O) groups is 1. The Kier molecular flexibility index (Phi) is 3.96. The van der Waals surface area contributed by atoms with Crippen molar-refractivity contribution in [2.24, 2.45) is 0 Å². The Bertz CT molecular complexity index is 369. The van der Waals surface area contributed by atoms with Gasteiger partial charge in [-0.1, -0.05) is 6.07 Å². The van der Waals surface area contributed by atoms with Crippen LogP contribution >= 0.6 is 0 Å². The summed E-state index contributed by atoms with van der Waals surface area (Å²) in [5.74, 6) is 0. The Morgan fingerprint density at radius 2 is 2.12 bits per heavy atom. The fourth-order valence-corrected chi connectivity index (χ4v) is 1.99. The zero-order valence-corrected chi connectivity index (χ0v) is 10.3. The summed E-state index contributed by atoms with van der Waals surface area (Å²) in [6.45, 7) is 4.29. The van der Waals surface area contributed by atoms with Gasteiger partial charge in [-0.15, -0.1) is 0 Å². The highest BCUT2D eigenvalue weighted by Crippen LogP contribution is 2.08. The van der Waals surface area contributed by atoms with Crippen molar-refractivity contribution < 1.29 is 4.79 Å². The molecule has 0 aromatic carbocycles. The predicted molar refractivity (Wildman–Crippen MR) is 66.6 cm³/mol. The quantitative estimate of drug-likeness (QED) is 0.850. The largest absolute Gasteiger partial charge is 0.334 e. The first kappa shape index (κ1) is 11.9. The van der Waals surface area contributed by atoms with Crippen molar-refractivity contribution in [3.63, 3.8) is 0 Å². The zero-order chi connectivity index (χ0) is 12.1. The second kappa shape index (κ2) is 5.66. The molecule has 0 aliphatic carbocycles. The number of nitrogens with one attached hydrogen (secondary N) is 1. The minimum absolute atomic E-state index is 0.0466. The van der Waals surface area contributed by atoms with Crippen molar-refractivity contribution in [2.45, 2.75) is 32.7 Å². The van der Waals surface area contributed by atoms with Crippen LogP contribution < -0.4 is 5.32 Å². The summed E-state index contributed by atoms with van der Waals surface area (Å²) in [4.78, 5) is 17.9. The van der Waals surface area contributed by atoms with E-state index in [9.17, 15) is 4.79 Å². The second-order valence-corrected chi connectivity index (χ2v) is 4.51. The van der Waals surface area contributed by atoms with E-state index in [2.05, 4.69) is 10.3 Å². The van der Waals surface area contributed by atoms with E-state index in [1.54, 1.807) is 0 Å². The molecule has 0 spiro atoms. The lowest BCUT2D eigenvalue weighted by atomic mass is 10.1. The summed E-state index contributed by atoms with van der Waals surface area (Å²) >= 11 is 0. The molecular formula is C13H19N3O. The Labute approximate surface area is 102 Å². The molecule has 4 heteroatoms. The van der Waals surface area contributed by atoms with Crippen LogP contribution in [0.25, 0.3) is 0 Å². The van der Waals surface area contributed by atoms with Crippen LogP contribution in [0.2, 0.25) is 0 Å². The lowest BCUT2D eigenvalue weighted by Gasteiger charge is -2.26. The first-order valence-corrected chi connectivity index (χ1v) is 6.20. The molecule has 1 N–H and O–H groups in total. The Morgan fingerprint density at radius 3 is 2.76 bits per heavy atom. The van der Waals surface area contributed by atoms with Crippen molar-refractivity contribution in [3.05, 3.63) is 29.6 Å². The van der Waals surface area contributed by atoms with E-state index in [-0.39, 0.29) is 6.03 Å². The number of carbonyl (C=O) groups excluding carboxylic acids is 1. The van der Waals surface area contributed by atoms with Gasteiger partial charge >= 0.3 is 6.03 Å². The maximum Gasteiger partial charge on any atom is 0.317 e. The number of aromatic nitrogens is 1. The molecule has 0 radical (unpaired) electrons. The highest BCUT2D eigenvalue weighted by molar-refractivity contribution is 5.74. The molecule has 0 saturated carbocycles. The Hall–Kier alpha value is -1.58. The number of amides is 2. The van der Waals surface area contributed by atoms with Crippen molar-refractivity contribution in [1.29, 1.82) is 0 Å². The topological polar surface area (TPSA) is 45.2 Å². The van der Waals surface area contributed by atoms with Gasteiger partial charge in [-0.2, -0.15) is 0 Å². The number of rotatable bonds is 2. The Morgan fingerprint density at radius 1 is 1.35 bits per heavy atom.